The Morgan fingerprint density at radius 3 is 2.23 bits per heavy atom. The zero-order chi connectivity index (χ0) is 27.2. The third-order valence-corrected chi connectivity index (χ3v) is 8.92. The highest BCUT2D eigenvalue weighted by molar-refractivity contribution is 7.95. The van der Waals surface area contributed by atoms with Gasteiger partial charge >= 0.3 is 0 Å². The molecule has 0 aliphatic carbocycles. The van der Waals surface area contributed by atoms with Crippen LogP contribution in [0.1, 0.15) is 0 Å². The van der Waals surface area contributed by atoms with Crippen molar-refractivity contribution in [2.75, 3.05) is 0 Å². The molecule has 0 spiro atoms. The molecule has 40 heavy (non-hydrogen) atoms. The van der Waals surface area contributed by atoms with Gasteiger partial charge in [0.25, 0.3) is 5.69 Å². The number of rotatable bonds is 5. The smallest absolute Gasteiger partial charge is 0.289 e. The summed E-state index contributed by atoms with van der Waals surface area (Å²) in [6.07, 6.45) is 0. The highest BCUT2D eigenvalue weighted by atomic mass is 32.2. The fourth-order valence-electron chi connectivity index (χ4n) is 5.18. The van der Waals surface area contributed by atoms with E-state index in [0.717, 1.165) is 38.3 Å². The molecule has 7 heteroatoms. The summed E-state index contributed by atoms with van der Waals surface area (Å²) in [4.78, 5) is 26.8. The van der Waals surface area contributed by atoms with Crippen LogP contribution >= 0.6 is 23.4 Å². The van der Waals surface area contributed by atoms with Gasteiger partial charge in [-0.25, -0.2) is 0 Å². The molecule has 7 aromatic rings. The first-order valence-electron chi connectivity index (χ1n) is 12.6. The van der Waals surface area contributed by atoms with Crippen molar-refractivity contribution < 1.29 is 9.11 Å². The fraction of sp³-hybridized carbons (Fsp3) is 0. The predicted molar refractivity (Wildman–Crippen MR) is 166 cm³/mol. The van der Waals surface area contributed by atoms with E-state index in [4.69, 9.17) is 4.18 Å². The lowest BCUT2D eigenvalue weighted by Gasteiger charge is -2.15. The van der Waals surface area contributed by atoms with E-state index in [9.17, 15) is 14.9 Å². The molecule has 0 radical (unpaired) electrons. The maximum atomic E-state index is 13.7. The molecule has 0 N–H and O–H groups in total. The van der Waals surface area contributed by atoms with Crippen molar-refractivity contribution in [2.45, 2.75) is 4.90 Å². The van der Waals surface area contributed by atoms with Gasteiger partial charge < -0.3 is 4.18 Å². The molecule has 0 aliphatic heterocycles. The summed E-state index contributed by atoms with van der Waals surface area (Å²) < 4.78 is 7.43. The molecular formula is C33H19NO4S2. The number of hydrogen-bond acceptors (Lipinski definition) is 6. The van der Waals surface area contributed by atoms with Gasteiger partial charge in [0.1, 0.15) is 11.1 Å². The van der Waals surface area contributed by atoms with E-state index >= 15 is 0 Å². The molecule has 0 saturated heterocycles. The normalized spacial score (nSPS) is 11.4. The van der Waals surface area contributed by atoms with Crippen molar-refractivity contribution in [3.05, 3.63) is 136 Å². The topological polar surface area (TPSA) is 69.4 Å². The average molecular weight is 558 g/mol. The zero-order valence-corrected chi connectivity index (χ0v) is 22.5. The number of fused-ring (bicyclic) bond motifs is 4. The van der Waals surface area contributed by atoms with Crippen LogP contribution in [0.2, 0.25) is 0 Å². The lowest BCUT2D eigenvalue weighted by molar-refractivity contribution is -0.382. The molecule has 0 aliphatic rings. The number of hydrogen-bond donors (Lipinski definition) is 0. The van der Waals surface area contributed by atoms with Crippen molar-refractivity contribution in [3.8, 4) is 16.9 Å². The van der Waals surface area contributed by atoms with Crippen molar-refractivity contribution in [3.63, 3.8) is 0 Å². The molecule has 5 nitrogen and oxygen atoms in total. The molecule has 0 fully saturated rings. The van der Waals surface area contributed by atoms with Crippen LogP contribution in [0.4, 0.5) is 5.69 Å². The molecule has 0 unspecified atom stereocenters. The monoisotopic (exact) mass is 557 g/mol. The third kappa shape index (κ3) is 4.07. The SMILES string of the molecule is O=c1c2ccccc2sc2ccc(-c3c(SOc4ccccc4)ccc4cc5ccccc5cc34)c([N+](=O)[O-])c12. The van der Waals surface area contributed by atoms with Gasteiger partial charge in [0, 0.05) is 20.3 Å². The van der Waals surface area contributed by atoms with Crippen LogP contribution in [-0.2, 0) is 0 Å². The van der Waals surface area contributed by atoms with Gasteiger partial charge in [-0.2, -0.15) is 0 Å². The molecular weight excluding hydrogens is 539 g/mol. The van der Waals surface area contributed by atoms with Gasteiger partial charge in [0.15, 0.2) is 0 Å². The second-order valence-corrected chi connectivity index (χ2v) is 11.2. The Labute approximate surface area is 236 Å². The van der Waals surface area contributed by atoms with Crippen LogP contribution in [0.3, 0.4) is 0 Å². The molecule has 7 rings (SSSR count). The van der Waals surface area contributed by atoms with E-state index in [0.29, 0.717) is 31.9 Å². The Morgan fingerprint density at radius 2 is 1.43 bits per heavy atom. The largest absolute Gasteiger partial charge is 0.421 e. The average Bonchev–Trinajstić information content (AvgIpc) is 2.99. The Morgan fingerprint density at radius 1 is 0.700 bits per heavy atom. The quantitative estimate of drug-likeness (QED) is 0.0913. The lowest BCUT2D eigenvalue weighted by atomic mass is 9.93. The van der Waals surface area contributed by atoms with E-state index in [1.165, 1.54) is 11.3 Å². The van der Waals surface area contributed by atoms with Gasteiger partial charge in [-0.3, -0.25) is 14.9 Å². The lowest BCUT2D eigenvalue weighted by Crippen LogP contribution is -2.06. The summed E-state index contributed by atoms with van der Waals surface area (Å²) in [5.41, 5.74) is 0.525. The van der Waals surface area contributed by atoms with Crippen LogP contribution < -0.4 is 9.61 Å². The van der Waals surface area contributed by atoms with E-state index in [2.05, 4.69) is 12.1 Å². The number of nitro benzene ring substituents is 1. The van der Waals surface area contributed by atoms with Crippen LogP contribution in [0.15, 0.2) is 125 Å². The van der Waals surface area contributed by atoms with Crippen LogP contribution in [0, 0.1) is 10.1 Å². The van der Waals surface area contributed by atoms with Crippen molar-refractivity contribution >= 4 is 70.8 Å². The minimum atomic E-state index is -0.424. The molecule has 0 bridgehead atoms. The highest BCUT2D eigenvalue weighted by Crippen LogP contribution is 2.45. The second kappa shape index (κ2) is 9.79. The third-order valence-electron chi connectivity index (χ3n) is 6.99. The zero-order valence-electron chi connectivity index (χ0n) is 20.9. The first-order valence-corrected chi connectivity index (χ1v) is 14.1. The van der Waals surface area contributed by atoms with Crippen molar-refractivity contribution in [1.82, 2.24) is 0 Å². The van der Waals surface area contributed by atoms with E-state index in [1.54, 1.807) is 18.2 Å². The minimum Gasteiger partial charge on any atom is -0.421 e. The van der Waals surface area contributed by atoms with Crippen molar-refractivity contribution in [2.24, 2.45) is 0 Å². The van der Waals surface area contributed by atoms with E-state index < -0.39 is 4.92 Å². The maximum absolute atomic E-state index is 13.7. The highest BCUT2D eigenvalue weighted by Gasteiger charge is 2.27. The number of para-hydroxylation sites is 1. The number of nitrogens with zero attached hydrogens (tertiary/aromatic N) is 1. The summed E-state index contributed by atoms with van der Waals surface area (Å²) >= 11 is 2.53. The summed E-state index contributed by atoms with van der Waals surface area (Å²) in [7, 11) is 0. The number of nitro groups is 1. The van der Waals surface area contributed by atoms with Gasteiger partial charge in [0.2, 0.25) is 5.43 Å². The minimum absolute atomic E-state index is 0.129. The predicted octanol–water partition coefficient (Wildman–Crippen LogP) is 9.38. The first-order chi connectivity index (χ1) is 19.6. The Balaban J connectivity index is 1.56. The molecule has 0 amide bonds. The van der Waals surface area contributed by atoms with Crippen LogP contribution in [0.5, 0.6) is 5.75 Å². The van der Waals surface area contributed by atoms with E-state index in [1.807, 2.05) is 84.9 Å². The molecule has 1 heterocycles. The van der Waals surface area contributed by atoms with Gasteiger partial charge in [0.05, 0.1) is 27.4 Å². The first kappa shape index (κ1) is 24.3. The number of benzene rings is 6. The van der Waals surface area contributed by atoms with E-state index in [-0.39, 0.29) is 16.5 Å². The van der Waals surface area contributed by atoms with Gasteiger partial charge in [-0.05, 0) is 76.1 Å². The molecule has 6 aromatic carbocycles. The summed E-state index contributed by atoms with van der Waals surface area (Å²) in [6, 6.07) is 36.3. The molecule has 1 aromatic heterocycles. The maximum Gasteiger partial charge on any atom is 0.289 e. The molecule has 192 valence electrons. The fourth-order valence-corrected chi connectivity index (χ4v) is 6.98. The van der Waals surface area contributed by atoms with Crippen LogP contribution in [0.25, 0.3) is 52.8 Å². The van der Waals surface area contributed by atoms with Gasteiger partial charge in [-0.1, -0.05) is 60.7 Å². The summed E-state index contributed by atoms with van der Waals surface area (Å²) in [6.45, 7) is 0. The van der Waals surface area contributed by atoms with Crippen molar-refractivity contribution in [1.29, 1.82) is 0 Å². The van der Waals surface area contributed by atoms with Gasteiger partial charge in [-0.15, -0.1) is 11.3 Å². The second-order valence-electron chi connectivity index (χ2n) is 9.36. The molecule has 0 atom stereocenters. The Bertz CT molecular complexity index is 2170. The summed E-state index contributed by atoms with van der Waals surface area (Å²) in [5, 5.41) is 17.3. The molecule has 0 saturated carbocycles. The Kier molecular flexibility index (Phi) is 5.95. The van der Waals surface area contributed by atoms with Crippen LogP contribution in [-0.4, -0.2) is 4.92 Å². The standard InChI is InChI=1S/C33H19NO4S2/c35-33-24-12-6-7-13-27(24)39-28-17-15-25(32(31(28)33)34(36)37)30-26-19-21-9-5-4-8-20(21)18-22(26)14-16-29(30)40-38-23-10-2-1-3-11-23/h1-19H. The Hall–Kier alpha value is -4.72. The summed E-state index contributed by atoms with van der Waals surface area (Å²) in [5.74, 6) is 0.667.